The van der Waals surface area contributed by atoms with Gasteiger partial charge in [-0.25, -0.2) is 0 Å². The molecule has 0 spiro atoms. The van der Waals surface area contributed by atoms with Crippen LogP contribution in [-0.4, -0.2) is 45.7 Å². The molecule has 1 aromatic heterocycles. The second kappa shape index (κ2) is 11.4. The van der Waals surface area contributed by atoms with Crippen LogP contribution in [0.3, 0.4) is 0 Å². The van der Waals surface area contributed by atoms with E-state index in [1.54, 1.807) is 12.1 Å². The van der Waals surface area contributed by atoms with Crippen LogP contribution in [0.2, 0.25) is 0 Å². The summed E-state index contributed by atoms with van der Waals surface area (Å²) in [6.45, 7) is 7.23. The summed E-state index contributed by atoms with van der Waals surface area (Å²) in [5.74, 6) is -1.44. The Bertz CT molecular complexity index is 1420. The average Bonchev–Trinajstić information content (AvgIpc) is 2.93. The fourth-order valence-corrected chi connectivity index (χ4v) is 5.11. The van der Waals surface area contributed by atoms with Gasteiger partial charge in [-0.15, -0.1) is 0 Å². The predicted molar refractivity (Wildman–Crippen MR) is 140 cm³/mol. The molecule has 5 nitrogen and oxygen atoms in total. The molecule has 2 amide bonds. The molecule has 2 unspecified atom stereocenters. The molecule has 1 fully saturated rings. The molecule has 2 heterocycles. The van der Waals surface area contributed by atoms with Crippen molar-refractivity contribution in [1.29, 1.82) is 0 Å². The largest absolute Gasteiger partial charge is 0.416 e. The number of hydrogen-bond donors (Lipinski definition) is 0. The van der Waals surface area contributed by atoms with Gasteiger partial charge in [0.05, 0.1) is 23.2 Å². The number of piperazine rings is 1. The second-order valence-corrected chi connectivity index (χ2v) is 9.95. The van der Waals surface area contributed by atoms with E-state index in [9.17, 15) is 35.9 Å². The van der Waals surface area contributed by atoms with Crippen molar-refractivity contribution in [1.82, 2.24) is 14.8 Å². The van der Waals surface area contributed by atoms with E-state index in [1.165, 1.54) is 22.2 Å². The summed E-state index contributed by atoms with van der Waals surface area (Å²) in [4.78, 5) is 33.7. The molecule has 0 N–H and O–H groups in total. The molecule has 0 aliphatic carbocycles. The number of rotatable bonds is 5. The quantitative estimate of drug-likeness (QED) is 0.256. The molecule has 1 saturated heterocycles. The highest BCUT2D eigenvalue weighted by atomic mass is 19.4. The van der Waals surface area contributed by atoms with Crippen molar-refractivity contribution in [3.63, 3.8) is 0 Å². The normalized spacial score (nSPS) is 17.9. The van der Waals surface area contributed by atoms with Gasteiger partial charge in [-0.1, -0.05) is 30.8 Å². The van der Waals surface area contributed by atoms with E-state index in [0.29, 0.717) is 17.7 Å². The molecule has 1 aliphatic rings. The van der Waals surface area contributed by atoms with E-state index in [1.807, 2.05) is 32.0 Å². The van der Waals surface area contributed by atoms with Crippen LogP contribution in [0.25, 0.3) is 0 Å². The summed E-state index contributed by atoms with van der Waals surface area (Å²) in [5.41, 5.74) is -0.601. The molecule has 3 aromatic rings. The summed E-state index contributed by atoms with van der Waals surface area (Å²) in [6.07, 6.45) is -5.89. The first kappa shape index (κ1) is 29.8. The third-order valence-corrected chi connectivity index (χ3v) is 7.28. The minimum absolute atomic E-state index is 0.0114. The average molecular weight is 576 g/mol. The summed E-state index contributed by atoms with van der Waals surface area (Å²) in [6, 6.07) is 8.17. The number of amides is 2. The van der Waals surface area contributed by atoms with Gasteiger partial charge < -0.3 is 9.80 Å². The molecule has 1 aliphatic heterocycles. The fourth-order valence-electron chi connectivity index (χ4n) is 5.11. The maximum atomic E-state index is 13.9. The van der Waals surface area contributed by atoms with Crippen molar-refractivity contribution in [2.45, 2.75) is 44.7 Å². The maximum absolute atomic E-state index is 13.9. The van der Waals surface area contributed by atoms with Gasteiger partial charge in [-0.05, 0) is 72.9 Å². The Morgan fingerprint density at radius 1 is 0.927 bits per heavy atom. The van der Waals surface area contributed by atoms with Crippen molar-refractivity contribution in [2.24, 2.45) is 0 Å². The number of alkyl halides is 6. The molecular weight excluding hydrogens is 548 g/mol. The van der Waals surface area contributed by atoms with Crippen LogP contribution in [0.4, 0.5) is 26.3 Å². The zero-order chi connectivity index (χ0) is 30.1. The molecule has 2 aromatic carbocycles. The third kappa shape index (κ3) is 6.44. The van der Waals surface area contributed by atoms with Gasteiger partial charge in [0.25, 0.3) is 5.91 Å². The summed E-state index contributed by atoms with van der Waals surface area (Å²) >= 11 is 0. The molecule has 0 saturated carbocycles. The number of aromatic nitrogens is 1. The number of benzene rings is 2. The van der Waals surface area contributed by atoms with E-state index in [0.717, 1.165) is 22.8 Å². The zero-order valence-electron chi connectivity index (χ0n) is 22.3. The lowest BCUT2D eigenvalue weighted by Gasteiger charge is -2.48. The Labute approximate surface area is 233 Å². The fraction of sp³-hybridized carbons (Fsp3) is 0.300. The Morgan fingerprint density at radius 3 is 2.10 bits per heavy atom. The lowest BCUT2D eigenvalue weighted by molar-refractivity contribution is -0.143. The summed E-state index contributed by atoms with van der Waals surface area (Å²) in [7, 11) is 0. The number of halogens is 6. The molecular formula is C30H27F6N3O2. The van der Waals surface area contributed by atoms with Gasteiger partial charge in [0, 0.05) is 31.0 Å². The van der Waals surface area contributed by atoms with Crippen molar-refractivity contribution in [3.8, 4) is 0 Å². The topological polar surface area (TPSA) is 53.5 Å². The number of carbonyl (C=O) groups is 2. The van der Waals surface area contributed by atoms with Gasteiger partial charge in [0.2, 0.25) is 5.91 Å². The van der Waals surface area contributed by atoms with E-state index >= 15 is 0 Å². The highest BCUT2D eigenvalue weighted by Crippen LogP contribution is 2.38. The molecule has 11 heteroatoms. The smallest absolute Gasteiger partial charge is 0.331 e. The van der Waals surface area contributed by atoms with Crippen molar-refractivity contribution < 1.29 is 35.9 Å². The van der Waals surface area contributed by atoms with Crippen molar-refractivity contribution in [2.75, 3.05) is 13.1 Å². The minimum atomic E-state index is -5.11. The van der Waals surface area contributed by atoms with Crippen LogP contribution in [-0.2, 0) is 23.6 Å². The van der Waals surface area contributed by atoms with Crippen LogP contribution in [0.5, 0.6) is 0 Å². The zero-order valence-corrected chi connectivity index (χ0v) is 22.3. The Balaban J connectivity index is 1.87. The van der Waals surface area contributed by atoms with E-state index in [-0.39, 0.29) is 25.6 Å². The van der Waals surface area contributed by atoms with Crippen LogP contribution in [0, 0.1) is 13.8 Å². The van der Waals surface area contributed by atoms with Crippen molar-refractivity contribution in [3.05, 3.63) is 113 Å². The molecule has 41 heavy (non-hydrogen) atoms. The van der Waals surface area contributed by atoms with Gasteiger partial charge in [0.15, 0.2) is 0 Å². The first-order valence-electron chi connectivity index (χ1n) is 12.7. The molecule has 2 atom stereocenters. The Kier molecular flexibility index (Phi) is 8.28. The highest BCUT2D eigenvalue weighted by molar-refractivity contribution is 5.95. The van der Waals surface area contributed by atoms with Crippen LogP contribution in [0.1, 0.15) is 49.8 Å². The summed E-state index contributed by atoms with van der Waals surface area (Å²) < 4.78 is 81.5. The number of hydrogen-bond acceptors (Lipinski definition) is 3. The first-order chi connectivity index (χ1) is 19.2. The first-order valence-corrected chi connectivity index (χ1v) is 12.7. The maximum Gasteiger partial charge on any atom is 0.416 e. The van der Waals surface area contributed by atoms with Gasteiger partial charge in [0.1, 0.15) is 0 Å². The van der Waals surface area contributed by atoms with E-state index in [4.69, 9.17) is 0 Å². The third-order valence-electron chi connectivity index (χ3n) is 7.28. The lowest BCUT2D eigenvalue weighted by Crippen LogP contribution is -2.58. The standard InChI is InChI=1S/C30H27F6N3O2/c1-4-26(40)39-11-10-38(28(41)22-14-23(29(31,32)33)16-24(15-22)30(34,35)36)25(27(39)21-6-5-9-37-17-21)13-20-8-7-18(2)19(3)12-20/h4-9,12,14-17,25,27H,1,10-11,13H2,2-3H3. The SMILES string of the molecule is C=CC(=O)N1CCN(C(=O)c2cc(C(F)(F)F)cc(C(F)(F)F)c2)C(Cc2ccc(C)c(C)c2)C1c1cccnc1. The minimum Gasteiger partial charge on any atom is -0.331 e. The van der Waals surface area contributed by atoms with Crippen LogP contribution < -0.4 is 0 Å². The number of aryl methyl sites for hydroxylation is 2. The predicted octanol–water partition coefficient (Wildman–Crippen LogP) is 6.56. The number of pyridine rings is 1. The van der Waals surface area contributed by atoms with Crippen LogP contribution in [0.15, 0.2) is 73.6 Å². The monoisotopic (exact) mass is 575 g/mol. The van der Waals surface area contributed by atoms with E-state index < -0.39 is 52.9 Å². The van der Waals surface area contributed by atoms with Crippen LogP contribution >= 0.6 is 0 Å². The second-order valence-electron chi connectivity index (χ2n) is 9.95. The molecule has 0 bridgehead atoms. The molecule has 0 radical (unpaired) electrons. The van der Waals surface area contributed by atoms with Gasteiger partial charge >= 0.3 is 12.4 Å². The Morgan fingerprint density at radius 2 is 1.56 bits per heavy atom. The number of carbonyl (C=O) groups excluding carboxylic acids is 2. The number of nitrogens with zero attached hydrogens (tertiary/aromatic N) is 3. The van der Waals surface area contributed by atoms with Gasteiger partial charge in [-0.2, -0.15) is 26.3 Å². The Hall–Kier alpha value is -4.15. The molecule has 216 valence electrons. The van der Waals surface area contributed by atoms with Crippen molar-refractivity contribution >= 4 is 11.8 Å². The van der Waals surface area contributed by atoms with E-state index in [2.05, 4.69) is 11.6 Å². The lowest BCUT2D eigenvalue weighted by atomic mass is 9.88. The summed E-state index contributed by atoms with van der Waals surface area (Å²) in [5, 5.41) is 0. The van der Waals surface area contributed by atoms with Gasteiger partial charge in [-0.3, -0.25) is 14.6 Å². The molecule has 4 rings (SSSR count). The highest BCUT2D eigenvalue weighted by Gasteiger charge is 2.43.